The summed E-state index contributed by atoms with van der Waals surface area (Å²) in [7, 11) is 0. The van der Waals surface area contributed by atoms with E-state index in [-0.39, 0.29) is 16.0 Å². The topological polar surface area (TPSA) is 69.2 Å². The second-order valence-corrected chi connectivity index (χ2v) is 4.86. The van der Waals surface area contributed by atoms with Crippen LogP contribution in [0.1, 0.15) is 31.4 Å². The maximum absolute atomic E-state index is 10.9. The van der Waals surface area contributed by atoms with Crippen LogP contribution in [0, 0.1) is 22.5 Å². The molecule has 94 valence electrons. The highest BCUT2D eigenvalue weighted by atomic mass is 16.6. The monoisotopic (exact) mass is 236 g/mol. The Morgan fingerprint density at radius 1 is 1.47 bits per heavy atom. The van der Waals surface area contributed by atoms with E-state index in [0.717, 1.165) is 24.0 Å². The largest absolute Gasteiger partial charge is 0.330 e. The lowest BCUT2D eigenvalue weighted by atomic mass is 9.80. The van der Waals surface area contributed by atoms with Gasteiger partial charge < -0.3 is 5.73 Å². The lowest BCUT2D eigenvalue weighted by Gasteiger charge is -2.27. The van der Waals surface area contributed by atoms with Crippen molar-refractivity contribution in [3.63, 3.8) is 0 Å². The van der Waals surface area contributed by atoms with Gasteiger partial charge in [0.05, 0.1) is 4.92 Å². The van der Waals surface area contributed by atoms with E-state index in [9.17, 15) is 10.1 Å². The Kier molecular flexibility index (Phi) is 4.23. The first kappa shape index (κ1) is 13.6. The minimum absolute atomic E-state index is 0.0139. The second-order valence-electron chi connectivity index (χ2n) is 4.86. The van der Waals surface area contributed by atoms with Crippen molar-refractivity contribution in [2.24, 2.45) is 11.1 Å². The summed E-state index contributed by atoms with van der Waals surface area (Å²) in [5, 5.41) is 10.9. The number of benzene rings is 1. The van der Waals surface area contributed by atoms with Gasteiger partial charge in [0.1, 0.15) is 0 Å². The summed E-state index contributed by atoms with van der Waals surface area (Å²) in [6.07, 6.45) is 1.75. The highest BCUT2D eigenvalue weighted by Crippen LogP contribution is 2.29. The molecule has 4 heteroatoms. The van der Waals surface area contributed by atoms with Crippen LogP contribution >= 0.6 is 0 Å². The molecule has 0 saturated carbocycles. The fraction of sp³-hybridized carbons (Fsp3) is 0.538. The van der Waals surface area contributed by atoms with Crippen molar-refractivity contribution in [3.8, 4) is 0 Å². The molecular weight excluding hydrogens is 216 g/mol. The molecule has 0 amide bonds. The van der Waals surface area contributed by atoms with Gasteiger partial charge in [0, 0.05) is 11.6 Å². The smallest absolute Gasteiger partial charge is 0.272 e. The summed E-state index contributed by atoms with van der Waals surface area (Å²) in [6.45, 7) is 6.61. The highest BCUT2D eigenvalue weighted by Gasteiger charge is 2.23. The van der Waals surface area contributed by atoms with Gasteiger partial charge in [-0.15, -0.1) is 0 Å². The van der Waals surface area contributed by atoms with E-state index >= 15 is 0 Å². The molecule has 0 aliphatic carbocycles. The third kappa shape index (κ3) is 3.03. The Balaban J connectivity index is 3.08. The normalized spacial score (nSPS) is 14.4. The standard InChI is InChI=1S/C13H20N2O2/c1-4-13(3,9-14)8-11-6-5-7-12(10(11)2)15(16)17/h5-7H,4,8-9,14H2,1-3H3. The predicted octanol–water partition coefficient (Wildman–Crippen LogP) is 2.82. The van der Waals surface area contributed by atoms with Gasteiger partial charge in [-0.25, -0.2) is 0 Å². The van der Waals surface area contributed by atoms with Crippen molar-refractivity contribution >= 4 is 5.69 Å². The maximum Gasteiger partial charge on any atom is 0.272 e. The molecule has 0 radical (unpaired) electrons. The van der Waals surface area contributed by atoms with Crippen LogP contribution in [0.4, 0.5) is 5.69 Å². The van der Waals surface area contributed by atoms with Crippen molar-refractivity contribution in [2.75, 3.05) is 6.54 Å². The summed E-state index contributed by atoms with van der Waals surface area (Å²) in [6, 6.07) is 5.24. The van der Waals surface area contributed by atoms with Crippen LogP contribution in [0.25, 0.3) is 0 Å². The SMILES string of the molecule is CCC(C)(CN)Cc1cccc([N+](=O)[O-])c1C. The predicted molar refractivity (Wildman–Crippen MR) is 69.0 cm³/mol. The van der Waals surface area contributed by atoms with E-state index in [4.69, 9.17) is 5.73 Å². The van der Waals surface area contributed by atoms with Gasteiger partial charge in [-0.3, -0.25) is 10.1 Å². The Labute approximate surface area is 102 Å². The van der Waals surface area contributed by atoms with Crippen LogP contribution in [-0.2, 0) is 6.42 Å². The summed E-state index contributed by atoms with van der Waals surface area (Å²) >= 11 is 0. The molecule has 4 nitrogen and oxygen atoms in total. The summed E-state index contributed by atoms with van der Waals surface area (Å²) in [4.78, 5) is 10.5. The number of hydrogen-bond acceptors (Lipinski definition) is 3. The molecule has 0 saturated heterocycles. The average molecular weight is 236 g/mol. The molecule has 17 heavy (non-hydrogen) atoms. The number of nitrogens with zero attached hydrogens (tertiary/aromatic N) is 1. The number of nitro groups is 1. The van der Waals surface area contributed by atoms with Gasteiger partial charge in [0.25, 0.3) is 5.69 Å². The third-order valence-corrected chi connectivity index (χ3v) is 3.58. The third-order valence-electron chi connectivity index (χ3n) is 3.58. The van der Waals surface area contributed by atoms with Gasteiger partial charge in [-0.1, -0.05) is 26.0 Å². The highest BCUT2D eigenvalue weighted by molar-refractivity contribution is 5.44. The summed E-state index contributed by atoms with van der Waals surface area (Å²) < 4.78 is 0. The first-order valence-corrected chi connectivity index (χ1v) is 5.86. The van der Waals surface area contributed by atoms with Gasteiger partial charge >= 0.3 is 0 Å². The summed E-state index contributed by atoms with van der Waals surface area (Å²) in [5.41, 5.74) is 7.76. The Hall–Kier alpha value is -1.42. The van der Waals surface area contributed by atoms with Crippen LogP contribution < -0.4 is 5.73 Å². The molecule has 0 aromatic heterocycles. The van der Waals surface area contributed by atoms with E-state index in [2.05, 4.69) is 13.8 Å². The first-order valence-electron chi connectivity index (χ1n) is 5.86. The minimum atomic E-state index is -0.329. The molecule has 1 rings (SSSR count). The number of nitro benzene ring substituents is 1. The molecule has 0 heterocycles. The first-order chi connectivity index (χ1) is 7.93. The Morgan fingerprint density at radius 3 is 2.59 bits per heavy atom. The lowest BCUT2D eigenvalue weighted by Crippen LogP contribution is -2.29. The van der Waals surface area contributed by atoms with E-state index in [1.54, 1.807) is 19.1 Å². The molecule has 1 aromatic carbocycles. The van der Waals surface area contributed by atoms with Crippen LogP contribution in [0.15, 0.2) is 18.2 Å². The molecule has 1 unspecified atom stereocenters. The van der Waals surface area contributed by atoms with E-state index in [1.165, 1.54) is 0 Å². The molecule has 2 N–H and O–H groups in total. The molecule has 1 atom stereocenters. The molecule has 0 spiro atoms. The van der Waals surface area contributed by atoms with Crippen molar-refractivity contribution in [1.82, 2.24) is 0 Å². The van der Waals surface area contributed by atoms with Crippen molar-refractivity contribution in [3.05, 3.63) is 39.4 Å². The average Bonchev–Trinajstić information content (AvgIpc) is 2.31. The number of hydrogen-bond donors (Lipinski definition) is 1. The van der Waals surface area contributed by atoms with Crippen molar-refractivity contribution in [2.45, 2.75) is 33.6 Å². The van der Waals surface area contributed by atoms with Gasteiger partial charge in [0.2, 0.25) is 0 Å². The number of rotatable bonds is 5. The molecular formula is C13H20N2O2. The van der Waals surface area contributed by atoms with E-state index in [0.29, 0.717) is 6.54 Å². The van der Waals surface area contributed by atoms with Gasteiger partial charge in [-0.2, -0.15) is 0 Å². The molecule has 0 aliphatic heterocycles. The van der Waals surface area contributed by atoms with Gasteiger partial charge in [-0.05, 0) is 37.3 Å². The van der Waals surface area contributed by atoms with Crippen LogP contribution in [-0.4, -0.2) is 11.5 Å². The minimum Gasteiger partial charge on any atom is -0.330 e. The van der Waals surface area contributed by atoms with Crippen LogP contribution in [0.2, 0.25) is 0 Å². The number of nitrogens with two attached hydrogens (primary N) is 1. The second kappa shape index (κ2) is 5.27. The molecule has 0 aliphatic rings. The van der Waals surface area contributed by atoms with E-state index in [1.807, 2.05) is 6.07 Å². The fourth-order valence-corrected chi connectivity index (χ4v) is 1.86. The van der Waals surface area contributed by atoms with Crippen molar-refractivity contribution < 1.29 is 4.92 Å². The fourth-order valence-electron chi connectivity index (χ4n) is 1.86. The molecule has 1 aromatic rings. The Bertz CT molecular complexity index is 412. The quantitative estimate of drug-likeness (QED) is 0.631. The molecule has 0 fully saturated rings. The zero-order chi connectivity index (χ0) is 13.1. The summed E-state index contributed by atoms with van der Waals surface area (Å²) in [5.74, 6) is 0. The zero-order valence-electron chi connectivity index (χ0n) is 10.7. The van der Waals surface area contributed by atoms with E-state index < -0.39 is 0 Å². The maximum atomic E-state index is 10.9. The Morgan fingerprint density at radius 2 is 2.12 bits per heavy atom. The van der Waals surface area contributed by atoms with Crippen LogP contribution in [0.5, 0.6) is 0 Å². The van der Waals surface area contributed by atoms with Crippen LogP contribution in [0.3, 0.4) is 0 Å². The molecule has 0 bridgehead atoms. The van der Waals surface area contributed by atoms with Gasteiger partial charge in [0.15, 0.2) is 0 Å². The zero-order valence-corrected chi connectivity index (χ0v) is 10.7. The lowest BCUT2D eigenvalue weighted by molar-refractivity contribution is -0.385. The van der Waals surface area contributed by atoms with Crippen molar-refractivity contribution in [1.29, 1.82) is 0 Å².